The molecule has 2 N–H and O–H groups in total. The van der Waals surface area contributed by atoms with Gasteiger partial charge in [0.1, 0.15) is 0 Å². The summed E-state index contributed by atoms with van der Waals surface area (Å²) in [6, 6.07) is 0.793. The molecule has 1 aliphatic heterocycles. The van der Waals surface area contributed by atoms with Crippen molar-refractivity contribution < 1.29 is 0 Å². The maximum absolute atomic E-state index is 6.38. The molecule has 2 fully saturated rings. The normalized spacial score (nSPS) is 31.5. The first-order valence-corrected chi connectivity index (χ1v) is 6.92. The lowest BCUT2D eigenvalue weighted by Gasteiger charge is -2.33. The van der Waals surface area contributed by atoms with Crippen molar-refractivity contribution in [1.29, 1.82) is 0 Å². The average molecular weight is 214 g/mol. The summed E-state index contributed by atoms with van der Waals surface area (Å²) in [5, 5.41) is 0. The number of nitrogens with two attached hydrogens (primary N) is 1. The van der Waals surface area contributed by atoms with Crippen molar-refractivity contribution in [2.75, 3.05) is 25.1 Å². The maximum Gasteiger partial charge on any atom is 0.0283 e. The molecule has 82 valence electrons. The zero-order chi connectivity index (χ0) is 10.0. The summed E-state index contributed by atoms with van der Waals surface area (Å²) in [6.07, 6.45) is 6.50. The van der Waals surface area contributed by atoms with Crippen LogP contribution in [0.15, 0.2) is 0 Å². The molecule has 0 amide bonds. The fraction of sp³-hybridized carbons (Fsp3) is 1.00. The van der Waals surface area contributed by atoms with Crippen LogP contribution in [0.25, 0.3) is 0 Å². The van der Waals surface area contributed by atoms with Gasteiger partial charge >= 0.3 is 0 Å². The summed E-state index contributed by atoms with van der Waals surface area (Å²) in [5.41, 5.74) is 6.52. The minimum atomic E-state index is 0.141. The lowest BCUT2D eigenvalue weighted by atomic mass is 9.98. The van der Waals surface area contributed by atoms with Gasteiger partial charge in [-0.15, -0.1) is 0 Å². The third kappa shape index (κ3) is 2.44. The van der Waals surface area contributed by atoms with E-state index < -0.39 is 0 Å². The highest BCUT2D eigenvalue weighted by Crippen LogP contribution is 2.30. The van der Waals surface area contributed by atoms with Gasteiger partial charge in [-0.05, 0) is 32.1 Å². The molecule has 0 spiro atoms. The Balaban J connectivity index is 1.83. The van der Waals surface area contributed by atoms with E-state index in [0.29, 0.717) is 0 Å². The molecule has 0 aromatic rings. The minimum Gasteiger partial charge on any atom is -0.324 e. The molecule has 1 aliphatic carbocycles. The highest BCUT2D eigenvalue weighted by Gasteiger charge is 2.32. The topological polar surface area (TPSA) is 29.3 Å². The van der Waals surface area contributed by atoms with Crippen LogP contribution >= 0.6 is 11.8 Å². The van der Waals surface area contributed by atoms with E-state index in [9.17, 15) is 0 Å². The number of hydrogen-bond acceptors (Lipinski definition) is 3. The first-order valence-electron chi connectivity index (χ1n) is 5.76. The van der Waals surface area contributed by atoms with Crippen LogP contribution in [0, 0.1) is 0 Å². The average Bonchev–Trinajstić information content (AvgIpc) is 2.74. The van der Waals surface area contributed by atoms with E-state index in [2.05, 4.69) is 23.7 Å². The fourth-order valence-electron chi connectivity index (χ4n) is 2.73. The molecule has 1 heterocycles. The quantitative estimate of drug-likeness (QED) is 0.775. The zero-order valence-electron chi connectivity index (χ0n) is 9.17. The molecule has 1 atom stereocenters. The monoisotopic (exact) mass is 214 g/mol. The Morgan fingerprint density at radius 1 is 1.43 bits per heavy atom. The summed E-state index contributed by atoms with van der Waals surface area (Å²) < 4.78 is 0. The van der Waals surface area contributed by atoms with E-state index >= 15 is 0 Å². The predicted molar refractivity (Wildman–Crippen MR) is 63.7 cm³/mol. The second kappa shape index (κ2) is 4.42. The first-order chi connectivity index (χ1) is 6.70. The second-order valence-corrected chi connectivity index (χ2v) is 6.15. The van der Waals surface area contributed by atoms with E-state index in [1.165, 1.54) is 43.6 Å². The molecule has 1 saturated carbocycles. The number of thioether (sulfide) groups is 1. The number of rotatable bonds is 3. The van der Waals surface area contributed by atoms with Crippen molar-refractivity contribution in [2.24, 2.45) is 5.73 Å². The Kier molecular flexibility index (Phi) is 3.40. The molecule has 0 radical (unpaired) electrons. The van der Waals surface area contributed by atoms with Gasteiger partial charge in [-0.2, -0.15) is 11.8 Å². The number of likely N-dealkylation sites (N-methyl/N-ethyl adjacent to an activating group) is 1. The van der Waals surface area contributed by atoms with E-state index in [1.807, 2.05) is 0 Å². The minimum absolute atomic E-state index is 0.141. The van der Waals surface area contributed by atoms with Crippen molar-refractivity contribution in [3.8, 4) is 0 Å². The van der Waals surface area contributed by atoms with Gasteiger partial charge in [0, 0.05) is 23.9 Å². The van der Waals surface area contributed by atoms with E-state index in [0.717, 1.165) is 12.6 Å². The highest BCUT2D eigenvalue weighted by molar-refractivity contribution is 7.99. The Morgan fingerprint density at radius 2 is 2.14 bits per heavy atom. The Labute approximate surface area is 91.6 Å². The molecular weight excluding hydrogens is 192 g/mol. The van der Waals surface area contributed by atoms with E-state index in [4.69, 9.17) is 5.73 Å². The van der Waals surface area contributed by atoms with Crippen LogP contribution in [0.1, 0.15) is 32.1 Å². The van der Waals surface area contributed by atoms with E-state index in [-0.39, 0.29) is 5.54 Å². The van der Waals surface area contributed by atoms with Crippen LogP contribution in [0.5, 0.6) is 0 Å². The third-order valence-corrected chi connectivity index (χ3v) is 4.84. The standard InChI is InChI=1S/C11H22N2S/c1-13(10-4-7-14-8-10)9-11(12)5-2-3-6-11/h10H,2-9,12H2,1H3. The molecule has 1 saturated heterocycles. The van der Waals surface area contributed by atoms with Gasteiger partial charge in [-0.3, -0.25) is 0 Å². The SMILES string of the molecule is CN(CC1(N)CCCC1)C1CCSC1. The Morgan fingerprint density at radius 3 is 2.71 bits per heavy atom. The van der Waals surface area contributed by atoms with Gasteiger partial charge in [-0.25, -0.2) is 0 Å². The predicted octanol–water partition coefficient (Wildman–Crippen LogP) is 1.70. The lowest BCUT2D eigenvalue weighted by molar-refractivity contribution is 0.201. The molecule has 2 nitrogen and oxygen atoms in total. The molecule has 14 heavy (non-hydrogen) atoms. The van der Waals surface area contributed by atoms with Crippen molar-refractivity contribution in [3.63, 3.8) is 0 Å². The number of nitrogens with zero attached hydrogens (tertiary/aromatic N) is 1. The van der Waals surface area contributed by atoms with Crippen LogP contribution < -0.4 is 5.73 Å². The molecule has 1 unspecified atom stereocenters. The summed E-state index contributed by atoms with van der Waals surface area (Å²) in [6.45, 7) is 1.11. The zero-order valence-corrected chi connectivity index (χ0v) is 9.98. The molecule has 0 aromatic carbocycles. The smallest absolute Gasteiger partial charge is 0.0283 e. The molecule has 0 bridgehead atoms. The van der Waals surface area contributed by atoms with Crippen LogP contribution in [-0.4, -0.2) is 41.6 Å². The van der Waals surface area contributed by atoms with Gasteiger partial charge in [0.25, 0.3) is 0 Å². The van der Waals surface area contributed by atoms with Crippen LogP contribution in [0.3, 0.4) is 0 Å². The van der Waals surface area contributed by atoms with Crippen LogP contribution in [0.4, 0.5) is 0 Å². The lowest BCUT2D eigenvalue weighted by Crippen LogP contribution is -2.49. The fourth-order valence-corrected chi connectivity index (χ4v) is 4.03. The van der Waals surface area contributed by atoms with Gasteiger partial charge < -0.3 is 10.6 Å². The largest absolute Gasteiger partial charge is 0.324 e. The first kappa shape index (κ1) is 10.8. The second-order valence-electron chi connectivity index (χ2n) is 5.00. The van der Waals surface area contributed by atoms with Gasteiger partial charge in [0.05, 0.1) is 0 Å². The Bertz CT molecular complexity index is 184. The molecule has 0 aromatic heterocycles. The van der Waals surface area contributed by atoms with Crippen molar-refractivity contribution in [2.45, 2.75) is 43.7 Å². The van der Waals surface area contributed by atoms with E-state index in [1.54, 1.807) is 0 Å². The van der Waals surface area contributed by atoms with Crippen LogP contribution in [-0.2, 0) is 0 Å². The highest BCUT2D eigenvalue weighted by atomic mass is 32.2. The Hall–Kier alpha value is 0.270. The van der Waals surface area contributed by atoms with Crippen molar-refractivity contribution in [3.05, 3.63) is 0 Å². The van der Waals surface area contributed by atoms with Crippen molar-refractivity contribution in [1.82, 2.24) is 4.90 Å². The molecular formula is C11H22N2S. The summed E-state index contributed by atoms with van der Waals surface area (Å²) >= 11 is 2.08. The third-order valence-electron chi connectivity index (χ3n) is 3.69. The summed E-state index contributed by atoms with van der Waals surface area (Å²) in [7, 11) is 2.25. The van der Waals surface area contributed by atoms with Gasteiger partial charge in [0.2, 0.25) is 0 Å². The number of hydrogen-bond donors (Lipinski definition) is 1. The van der Waals surface area contributed by atoms with Gasteiger partial charge in [0.15, 0.2) is 0 Å². The summed E-state index contributed by atoms with van der Waals surface area (Å²) in [5.74, 6) is 2.65. The molecule has 2 rings (SSSR count). The van der Waals surface area contributed by atoms with Crippen molar-refractivity contribution >= 4 is 11.8 Å². The molecule has 3 heteroatoms. The van der Waals surface area contributed by atoms with Crippen LogP contribution in [0.2, 0.25) is 0 Å². The van der Waals surface area contributed by atoms with Gasteiger partial charge in [-0.1, -0.05) is 12.8 Å². The maximum atomic E-state index is 6.38. The summed E-state index contributed by atoms with van der Waals surface area (Å²) in [4.78, 5) is 2.51. The molecule has 2 aliphatic rings.